The molecule has 2 aliphatic heterocycles. The molecule has 2 heterocycles. The quantitative estimate of drug-likeness (QED) is 0.834. The number of piperazine rings is 1. The summed E-state index contributed by atoms with van der Waals surface area (Å²) in [5.74, 6) is -1.09. The molecule has 0 bridgehead atoms. The molecule has 128 valence electrons. The van der Waals surface area contributed by atoms with E-state index in [0.29, 0.717) is 6.54 Å². The summed E-state index contributed by atoms with van der Waals surface area (Å²) in [4.78, 5) is 29.4. The number of carbonyl (C=O) groups is 2. The van der Waals surface area contributed by atoms with E-state index >= 15 is 0 Å². The monoisotopic (exact) mass is 329 g/mol. The summed E-state index contributed by atoms with van der Waals surface area (Å²) in [5, 5.41) is 9.16. The number of amides is 1. The summed E-state index contributed by atoms with van der Waals surface area (Å²) < 4.78 is 0. The van der Waals surface area contributed by atoms with Crippen LogP contribution >= 0.6 is 0 Å². The average molecular weight is 329 g/mol. The fraction of sp³-hybridized carbons (Fsp3) is 0.444. The number of carboxylic acids is 1. The van der Waals surface area contributed by atoms with Gasteiger partial charge in [-0.3, -0.25) is 9.69 Å². The number of carbonyl (C=O) groups excluding carboxylic acids is 1. The number of aliphatic carboxylic acids is 1. The normalized spacial score (nSPS) is 21.3. The van der Waals surface area contributed by atoms with Gasteiger partial charge in [0, 0.05) is 38.4 Å². The number of carboxylic acid groups (broad SMARTS) is 1. The SMILES string of the molecule is Cc1cccc(N2CCN(CC(=O)N3CC=C[C@H]3C(=O)O)CC2)c1. The molecule has 1 fully saturated rings. The molecular weight excluding hydrogens is 306 g/mol. The summed E-state index contributed by atoms with van der Waals surface area (Å²) in [6.45, 7) is 6.11. The van der Waals surface area contributed by atoms with Crippen molar-refractivity contribution in [3.8, 4) is 0 Å². The lowest BCUT2D eigenvalue weighted by molar-refractivity contribution is -0.147. The van der Waals surface area contributed by atoms with E-state index < -0.39 is 12.0 Å². The van der Waals surface area contributed by atoms with Gasteiger partial charge in [0.05, 0.1) is 6.54 Å². The Morgan fingerprint density at radius 1 is 1.21 bits per heavy atom. The third-order valence-corrected chi connectivity index (χ3v) is 4.63. The Morgan fingerprint density at radius 2 is 1.96 bits per heavy atom. The molecule has 0 unspecified atom stereocenters. The Balaban J connectivity index is 1.52. The highest BCUT2D eigenvalue weighted by Crippen LogP contribution is 2.18. The molecule has 3 rings (SSSR count). The van der Waals surface area contributed by atoms with Crippen molar-refractivity contribution in [1.29, 1.82) is 0 Å². The van der Waals surface area contributed by atoms with Crippen molar-refractivity contribution in [3.63, 3.8) is 0 Å². The molecule has 1 atom stereocenters. The minimum atomic E-state index is -0.971. The van der Waals surface area contributed by atoms with Crippen molar-refractivity contribution < 1.29 is 14.7 Å². The first-order valence-electron chi connectivity index (χ1n) is 8.27. The van der Waals surface area contributed by atoms with Crippen LogP contribution in [0.4, 0.5) is 5.69 Å². The van der Waals surface area contributed by atoms with Gasteiger partial charge in [-0.25, -0.2) is 4.79 Å². The minimum Gasteiger partial charge on any atom is -0.479 e. The molecule has 0 radical (unpaired) electrons. The Bertz CT molecular complexity index is 651. The fourth-order valence-corrected chi connectivity index (χ4v) is 3.26. The molecule has 6 nitrogen and oxygen atoms in total. The molecule has 1 aromatic rings. The highest BCUT2D eigenvalue weighted by Gasteiger charge is 2.31. The van der Waals surface area contributed by atoms with Gasteiger partial charge in [0.2, 0.25) is 5.91 Å². The van der Waals surface area contributed by atoms with Crippen LogP contribution in [0.3, 0.4) is 0 Å². The highest BCUT2D eigenvalue weighted by atomic mass is 16.4. The first-order valence-corrected chi connectivity index (χ1v) is 8.27. The minimum absolute atomic E-state index is 0.114. The van der Waals surface area contributed by atoms with E-state index in [0.717, 1.165) is 26.2 Å². The maximum absolute atomic E-state index is 12.4. The lowest BCUT2D eigenvalue weighted by atomic mass is 10.2. The average Bonchev–Trinajstić information content (AvgIpc) is 3.05. The van der Waals surface area contributed by atoms with Crippen LogP contribution in [0, 0.1) is 6.92 Å². The second-order valence-corrected chi connectivity index (χ2v) is 6.36. The first kappa shape index (κ1) is 16.5. The lowest BCUT2D eigenvalue weighted by Crippen LogP contribution is -2.51. The van der Waals surface area contributed by atoms with Gasteiger partial charge in [-0.1, -0.05) is 24.3 Å². The standard InChI is InChI=1S/C18H23N3O3/c1-14-4-2-5-15(12-14)20-10-8-19(9-11-20)13-17(22)21-7-3-6-16(21)18(23)24/h2-6,12,16H,7-11,13H2,1H3,(H,23,24)/t16-/m0/s1. The van der Waals surface area contributed by atoms with Gasteiger partial charge in [0.1, 0.15) is 6.04 Å². The predicted octanol–water partition coefficient (Wildman–Crippen LogP) is 0.969. The highest BCUT2D eigenvalue weighted by molar-refractivity contribution is 5.87. The zero-order chi connectivity index (χ0) is 17.1. The van der Waals surface area contributed by atoms with Gasteiger partial charge in [-0.05, 0) is 24.6 Å². The van der Waals surface area contributed by atoms with E-state index in [2.05, 4.69) is 41.0 Å². The maximum atomic E-state index is 12.4. The number of anilines is 1. The number of benzene rings is 1. The van der Waals surface area contributed by atoms with Crippen molar-refractivity contribution in [2.24, 2.45) is 0 Å². The van der Waals surface area contributed by atoms with Crippen LogP contribution in [-0.4, -0.2) is 72.1 Å². The van der Waals surface area contributed by atoms with Crippen LogP contribution < -0.4 is 4.90 Å². The van der Waals surface area contributed by atoms with Crippen molar-refractivity contribution in [2.75, 3.05) is 44.2 Å². The van der Waals surface area contributed by atoms with E-state index in [9.17, 15) is 9.59 Å². The molecule has 1 amide bonds. The molecular formula is C18H23N3O3. The first-order chi connectivity index (χ1) is 11.5. The third-order valence-electron chi connectivity index (χ3n) is 4.63. The van der Waals surface area contributed by atoms with E-state index in [4.69, 9.17) is 5.11 Å². The van der Waals surface area contributed by atoms with Crippen molar-refractivity contribution in [3.05, 3.63) is 42.0 Å². The fourth-order valence-electron chi connectivity index (χ4n) is 3.26. The molecule has 6 heteroatoms. The van der Waals surface area contributed by atoms with Crippen molar-refractivity contribution in [2.45, 2.75) is 13.0 Å². The van der Waals surface area contributed by atoms with Gasteiger partial charge in [-0.2, -0.15) is 0 Å². The third kappa shape index (κ3) is 3.59. The Kier molecular flexibility index (Phi) is 4.85. The van der Waals surface area contributed by atoms with Crippen LogP contribution in [0.5, 0.6) is 0 Å². The number of hydrogen-bond donors (Lipinski definition) is 1. The molecule has 1 saturated heterocycles. The van der Waals surface area contributed by atoms with Gasteiger partial charge in [-0.15, -0.1) is 0 Å². The topological polar surface area (TPSA) is 64.1 Å². The van der Waals surface area contributed by atoms with E-state index in [1.807, 2.05) is 0 Å². The summed E-state index contributed by atoms with van der Waals surface area (Å²) >= 11 is 0. The zero-order valence-electron chi connectivity index (χ0n) is 13.9. The van der Waals surface area contributed by atoms with Crippen LogP contribution in [0.25, 0.3) is 0 Å². The summed E-state index contributed by atoms with van der Waals surface area (Å²) in [6.07, 6.45) is 3.32. The second kappa shape index (κ2) is 7.05. The van der Waals surface area contributed by atoms with E-state index in [1.54, 1.807) is 12.2 Å². The molecule has 2 aliphatic rings. The number of nitrogens with zero attached hydrogens (tertiary/aromatic N) is 3. The molecule has 0 aromatic heterocycles. The summed E-state index contributed by atoms with van der Waals surface area (Å²) in [7, 11) is 0. The Labute approximate surface area is 142 Å². The Hall–Kier alpha value is -2.34. The van der Waals surface area contributed by atoms with Gasteiger partial charge in [0.25, 0.3) is 0 Å². The predicted molar refractivity (Wildman–Crippen MR) is 92.1 cm³/mol. The van der Waals surface area contributed by atoms with Gasteiger partial charge < -0.3 is 14.9 Å². The van der Waals surface area contributed by atoms with Gasteiger partial charge in [0.15, 0.2) is 0 Å². The zero-order valence-corrected chi connectivity index (χ0v) is 13.9. The second-order valence-electron chi connectivity index (χ2n) is 6.36. The largest absolute Gasteiger partial charge is 0.479 e. The number of aryl methyl sites for hydroxylation is 1. The van der Waals surface area contributed by atoms with Crippen molar-refractivity contribution in [1.82, 2.24) is 9.80 Å². The molecule has 0 saturated carbocycles. The van der Waals surface area contributed by atoms with Crippen LogP contribution in [0.15, 0.2) is 36.4 Å². The van der Waals surface area contributed by atoms with E-state index in [1.165, 1.54) is 16.2 Å². The molecule has 0 aliphatic carbocycles. The Morgan fingerprint density at radius 3 is 2.62 bits per heavy atom. The molecule has 1 N–H and O–H groups in total. The van der Waals surface area contributed by atoms with Crippen molar-refractivity contribution >= 4 is 17.6 Å². The number of hydrogen-bond acceptors (Lipinski definition) is 4. The smallest absolute Gasteiger partial charge is 0.330 e. The van der Waals surface area contributed by atoms with Crippen LogP contribution in [0.1, 0.15) is 5.56 Å². The molecule has 24 heavy (non-hydrogen) atoms. The van der Waals surface area contributed by atoms with Crippen LogP contribution in [-0.2, 0) is 9.59 Å². The molecule has 0 spiro atoms. The van der Waals surface area contributed by atoms with E-state index in [-0.39, 0.29) is 12.5 Å². The number of rotatable bonds is 4. The lowest BCUT2D eigenvalue weighted by Gasteiger charge is -2.36. The summed E-state index contributed by atoms with van der Waals surface area (Å²) in [6, 6.07) is 7.62. The molecule has 1 aromatic carbocycles. The van der Waals surface area contributed by atoms with Crippen LogP contribution in [0.2, 0.25) is 0 Å². The maximum Gasteiger partial charge on any atom is 0.330 e. The summed E-state index contributed by atoms with van der Waals surface area (Å²) in [5.41, 5.74) is 2.46. The van der Waals surface area contributed by atoms with Gasteiger partial charge >= 0.3 is 5.97 Å².